The van der Waals surface area contributed by atoms with Crippen LogP contribution in [-0.4, -0.2) is 34.9 Å². The maximum absolute atomic E-state index is 14.0. The van der Waals surface area contributed by atoms with Gasteiger partial charge in [0, 0.05) is 25.7 Å². The number of carbonyl (C=O) groups excluding carboxylic acids is 1. The molecule has 0 unspecified atom stereocenters. The number of aromatic nitrogens is 2. The number of hydrogen-bond donors (Lipinski definition) is 1. The van der Waals surface area contributed by atoms with Crippen molar-refractivity contribution >= 4 is 23.1 Å². The summed E-state index contributed by atoms with van der Waals surface area (Å²) < 4.78 is 14.0. The first kappa shape index (κ1) is 14.4. The zero-order valence-electron chi connectivity index (χ0n) is 11.5. The highest BCUT2D eigenvalue weighted by molar-refractivity contribution is 7.09. The van der Waals surface area contributed by atoms with Gasteiger partial charge in [-0.25, -0.2) is 14.4 Å². The summed E-state index contributed by atoms with van der Waals surface area (Å²) in [6.07, 6.45) is 1.41. The first-order chi connectivity index (χ1) is 9.52. The van der Waals surface area contributed by atoms with Crippen molar-refractivity contribution in [2.45, 2.75) is 13.5 Å². The number of halogens is 1. The Balaban J connectivity index is 2.18. The van der Waals surface area contributed by atoms with E-state index in [1.807, 2.05) is 12.3 Å². The van der Waals surface area contributed by atoms with Crippen molar-refractivity contribution in [3.8, 4) is 0 Å². The molecule has 2 heterocycles. The fourth-order valence-electron chi connectivity index (χ4n) is 1.78. The predicted molar refractivity (Wildman–Crippen MR) is 76.4 cm³/mol. The number of hydrogen-bond acceptors (Lipinski definition) is 5. The van der Waals surface area contributed by atoms with E-state index in [-0.39, 0.29) is 11.4 Å². The Labute approximate surface area is 120 Å². The summed E-state index contributed by atoms with van der Waals surface area (Å²) in [6.45, 7) is 2.25. The Hall–Kier alpha value is -2.02. The van der Waals surface area contributed by atoms with Crippen molar-refractivity contribution in [1.29, 1.82) is 0 Å². The topological polar surface area (TPSA) is 58.1 Å². The fraction of sp³-hybridized carbons (Fsp3) is 0.308. The van der Waals surface area contributed by atoms with Crippen LogP contribution < -0.4 is 5.32 Å². The molecule has 0 aliphatic heterocycles. The normalized spacial score (nSPS) is 10.4. The molecule has 0 aliphatic carbocycles. The number of thiazole rings is 1. The highest BCUT2D eigenvalue weighted by atomic mass is 32.1. The number of anilines is 1. The summed E-state index contributed by atoms with van der Waals surface area (Å²) in [7, 11) is 3.18. The van der Waals surface area contributed by atoms with Gasteiger partial charge in [-0.1, -0.05) is 0 Å². The highest BCUT2D eigenvalue weighted by Crippen LogP contribution is 2.17. The molecule has 5 nitrogen and oxygen atoms in total. The van der Waals surface area contributed by atoms with E-state index in [9.17, 15) is 9.18 Å². The lowest BCUT2D eigenvalue weighted by atomic mass is 10.2. The van der Waals surface area contributed by atoms with E-state index in [4.69, 9.17) is 0 Å². The second-order valence-corrected chi connectivity index (χ2v) is 5.35. The lowest BCUT2D eigenvalue weighted by Crippen LogP contribution is -2.27. The molecule has 0 fully saturated rings. The minimum Gasteiger partial charge on any atom is -0.371 e. The van der Waals surface area contributed by atoms with E-state index in [1.165, 1.54) is 28.5 Å². The molecule has 0 aromatic carbocycles. The number of aryl methyl sites for hydroxylation is 1. The molecule has 20 heavy (non-hydrogen) atoms. The SMILES string of the molecule is CNc1nccc(C(=O)N(C)Cc2csc(C)n2)c1F. The van der Waals surface area contributed by atoms with Gasteiger partial charge < -0.3 is 10.2 Å². The van der Waals surface area contributed by atoms with Gasteiger partial charge in [-0.3, -0.25) is 4.79 Å². The van der Waals surface area contributed by atoms with Gasteiger partial charge in [-0.05, 0) is 13.0 Å². The molecule has 7 heteroatoms. The van der Waals surface area contributed by atoms with Crippen molar-refractivity contribution in [2.24, 2.45) is 0 Å². The van der Waals surface area contributed by atoms with Gasteiger partial charge in [0.2, 0.25) is 0 Å². The lowest BCUT2D eigenvalue weighted by Gasteiger charge is -2.16. The third-order valence-electron chi connectivity index (χ3n) is 2.77. The van der Waals surface area contributed by atoms with Gasteiger partial charge in [-0.15, -0.1) is 11.3 Å². The molecule has 0 bridgehead atoms. The smallest absolute Gasteiger partial charge is 0.257 e. The molecule has 0 aliphatic rings. The van der Waals surface area contributed by atoms with E-state index in [2.05, 4.69) is 15.3 Å². The van der Waals surface area contributed by atoms with Crippen LogP contribution in [0.25, 0.3) is 0 Å². The molecule has 1 amide bonds. The Morgan fingerprint density at radius 3 is 2.90 bits per heavy atom. The van der Waals surface area contributed by atoms with Crippen molar-refractivity contribution < 1.29 is 9.18 Å². The number of nitrogens with one attached hydrogen (secondary N) is 1. The Morgan fingerprint density at radius 1 is 1.55 bits per heavy atom. The summed E-state index contributed by atoms with van der Waals surface area (Å²) in [4.78, 5) is 21.8. The maximum atomic E-state index is 14.0. The summed E-state index contributed by atoms with van der Waals surface area (Å²) in [5.74, 6) is -0.970. The van der Waals surface area contributed by atoms with Crippen molar-refractivity contribution in [1.82, 2.24) is 14.9 Å². The molecule has 0 saturated heterocycles. The zero-order valence-corrected chi connectivity index (χ0v) is 12.3. The number of pyridine rings is 1. The van der Waals surface area contributed by atoms with Crippen LogP contribution in [0, 0.1) is 12.7 Å². The predicted octanol–water partition coefficient (Wildman–Crippen LogP) is 2.30. The Bertz CT molecular complexity index is 629. The van der Waals surface area contributed by atoms with E-state index >= 15 is 0 Å². The van der Waals surface area contributed by atoms with Crippen LogP contribution >= 0.6 is 11.3 Å². The quantitative estimate of drug-likeness (QED) is 0.940. The minimum absolute atomic E-state index is 0.00111. The third-order valence-corrected chi connectivity index (χ3v) is 3.59. The summed E-state index contributed by atoms with van der Waals surface area (Å²) in [5.41, 5.74) is 0.797. The van der Waals surface area contributed by atoms with Gasteiger partial charge in [0.05, 0.1) is 22.8 Å². The molecule has 0 radical (unpaired) electrons. The fourth-order valence-corrected chi connectivity index (χ4v) is 2.39. The maximum Gasteiger partial charge on any atom is 0.257 e. The van der Waals surface area contributed by atoms with Crippen LogP contribution in [0.15, 0.2) is 17.6 Å². The zero-order chi connectivity index (χ0) is 14.7. The van der Waals surface area contributed by atoms with Crippen molar-refractivity contribution in [3.63, 3.8) is 0 Å². The first-order valence-corrected chi connectivity index (χ1v) is 6.89. The third kappa shape index (κ3) is 2.93. The van der Waals surface area contributed by atoms with Gasteiger partial charge in [0.1, 0.15) is 0 Å². The van der Waals surface area contributed by atoms with E-state index in [0.29, 0.717) is 6.54 Å². The highest BCUT2D eigenvalue weighted by Gasteiger charge is 2.19. The number of amides is 1. The van der Waals surface area contributed by atoms with E-state index < -0.39 is 11.7 Å². The number of nitrogens with zero attached hydrogens (tertiary/aromatic N) is 3. The molecule has 1 N–H and O–H groups in total. The molecule has 0 saturated carbocycles. The second-order valence-electron chi connectivity index (χ2n) is 4.29. The number of carbonyl (C=O) groups is 1. The van der Waals surface area contributed by atoms with Crippen LogP contribution in [0.2, 0.25) is 0 Å². The van der Waals surface area contributed by atoms with Gasteiger partial charge in [-0.2, -0.15) is 0 Å². The molecule has 2 aromatic heterocycles. The second kappa shape index (κ2) is 5.96. The minimum atomic E-state index is -0.638. The molecule has 0 spiro atoms. The lowest BCUT2D eigenvalue weighted by molar-refractivity contribution is 0.0779. The molecule has 0 atom stereocenters. The summed E-state index contributed by atoms with van der Waals surface area (Å²) in [5, 5.41) is 5.44. The molecule has 106 valence electrons. The molecule has 2 rings (SSSR count). The van der Waals surface area contributed by atoms with Crippen LogP contribution in [0.1, 0.15) is 21.1 Å². The van der Waals surface area contributed by atoms with Crippen LogP contribution in [0.5, 0.6) is 0 Å². The summed E-state index contributed by atoms with van der Waals surface area (Å²) >= 11 is 1.52. The Kier molecular flexibility index (Phi) is 4.29. The van der Waals surface area contributed by atoms with Crippen molar-refractivity contribution in [3.05, 3.63) is 39.7 Å². The monoisotopic (exact) mass is 294 g/mol. The van der Waals surface area contributed by atoms with Gasteiger partial charge >= 0.3 is 0 Å². The standard InChI is InChI=1S/C13H15FN4OS/c1-8-17-9(7-20-8)6-18(3)13(19)10-4-5-16-12(15-2)11(10)14/h4-5,7H,6H2,1-3H3,(H,15,16). The average molecular weight is 294 g/mol. The van der Waals surface area contributed by atoms with E-state index in [1.54, 1.807) is 14.1 Å². The van der Waals surface area contributed by atoms with E-state index in [0.717, 1.165) is 10.7 Å². The molecular weight excluding hydrogens is 279 g/mol. The largest absolute Gasteiger partial charge is 0.371 e. The van der Waals surface area contributed by atoms with Crippen LogP contribution in [-0.2, 0) is 6.54 Å². The average Bonchev–Trinajstić information content (AvgIpc) is 2.83. The number of rotatable bonds is 4. The molecule has 2 aromatic rings. The first-order valence-electron chi connectivity index (χ1n) is 6.01. The van der Waals surface area contributed by atoms with Crippen molar-refractivity contribution in [2.75, 3.05) is 19.4 Å². The Morgan fingerprint density at radius 2 is 2.30 bits per heavy atom. The van der Waals surface area contributed by atoms with Crippen LogP contribution in [0.4, 0.5) is 10.2 Å². The summed E-state index contributed by atoms with van der Waals surface area (Å²) in [6, 6.07) is 1.38. The van der Waals surface area contributed by atoms with Crippen LogP contribution in [0.3, 0.4) is 0 Å². The molecular formula is C13H15FN4OS. The van der Waals surface area contributed by atoms with Gasteiger partial charge in [0.15, 0.2) is 11.6 Å². The van der Waals surface area contributed by atoms with Gasteiger partial charge in [0.25, 0.3) is 5.91 Å².